The third-order valence-electron chi connectivity index (χ3n) is 9.55. The number of carbonyl (C=O) groups excluding carboxylic acids is 3. The lowest BCUT2D eigenvalue weighted by atomic mass is 9.76. The molecule has 0 amide bonds. The Morgan fingerprint density at radius 2 is 1.86 bits per heavy atom. The van der Waals surface area contributed by atoms with Crippen molar-refractivity contribution in [2.75, 3.05) is 39.9 Å². The van der Waals surface area contributed by atoms with Crippen molar-refractivity contribution in [3.63, 3.8) is 0 Å². The van der Waals surface area contributed by atoms with Gasteiger partial charge in [0.05, 0.1) is 30.2 Å². The van der Waals surface area contributed by atoms with Crippen LogP contribution in [0.15, 0.2) is 6.07 Å². The van der Waals surface area contributed by atoms with Crippen molar-refractivity contribution in [3.05, 3.63) is 39.4 Å². The number of hydrogen-bond acceptors (Lipinski definition) is 12. The first-order valence-electron chi connectivity index (χ1n) is 14.3. The molecule has 6 aliphatic rings. The summed E-state index contributed by atoms with van der Waals surface area (Å²) in [4.78, 5) is 42.9. The summed E-state index contributed by atoms with van der Waals surface area (Å²) in [5.74, 6) is -0.198. The van der Waals surface area contributed by atoms with Crippen LogP contribution in [0.1, 0.15) is 64.6 Å². The molecule has 6 aliphatic heterocycles. The van der Waals surface area contributed by atoms with Crippen molar-refractivity contribution >= 4 is 29.5 Å². The number of thioether (sulfide) groups is 1. The number of phenols is 1. The number of piperazine rings is 1. The molecule has 6 heterocycles. The lowest BCUT2D eigenvalue weighted by Gasteiger charge is -2.61. The molecule has 0 aromatic heterocycles. The van der Waals surface area contributed by atoms with Crippen LogP contribution in [0.5, 0.6) is 28.7 Å². The van der Waals surface area contributed by atoms with Gasteiger partial charge in [-0.1, -0.05) is 6.07 Å². The molecule has 0 radical (unpaired) electrons. The summed E-state index contributed by atoms with van der Waals surface area (Å²) in [6.45, 7) is 7.83. The Bertz CT molecular complexity index is 1610. The van der Waals surface area contributed by atoms with Gasteiger partial charge in [-0.25, -0.2) is 4.79 Å². The van der Waals surface area contributed by atoms with Crippen LogP contribution in [0, 0.1) is 13.8 Å². The highest BCUT2D eigenvalue weighted by Gasteiger charge is 2.61. The maximum Gasteiger partial charge on any atom is 0.375 e. The number of methoxy groups -OCH3 is 1. The van der Waals surface area contributed by atoms with E-state index >= 15 is 0 Å². The van der Waals surface area contributed by atoms with Gasteiger partial charge in [0, 0.05) is 47.3 Å². The van der Waals surface area contributed by atoms with Gasteiger partial charge in [0.1, 0.15) is 12.4 Å². The Labute approximate surface area is 253 Å². The van der Waals surface area contributed by atoms with E-state index in [9.17, 15) is 19.5 Å². The molecule has 0 saturated carbocycles. The van der Waals surface area contributed by atoms with Gasteiger partial charge in [0.25, 0.3) is 0 Å². The zero-order valence-electron chi connectivity index (χ0n) is 24.9. The number of hydrogen-bond donors (Lipinski definition) is 1. The molecule has 3 unspecified atom stereocenters. The molecule has 11 nitrogen and oxygen atoms in total. The van der Waals surface area contributed by atoms with E-state index < -0.39 is 34.6 Å². The summed E-state index contributed by atoms with van der Waals surface area (Å²) in [6, 6.07) is 0.864. The molecule has 2 aromatic rings. The maximum absolute atomic E-state index is 12.9. The molecular formula is C31H34N2O9S. The number of cyclic esters (lactones) is 1. The minimum atomic E-state index is -0.872. The van der Waals surface area contributed by atoms with Gasteiger partial charge in [-0.15, -0.1) is 11.8 Å². The number of ketones is 1. The molecule has 0 spiro atoms. The van der Waals surface area contributed by atoms with Crippen LogP contribution < -0.4 is 18.9 Å². The minimum Gasteiger partial charge on any atom is -0.504 e. The molecule has 2 saturated heterocycles. The summed E-state index contributed by atoms with van der Waals surface area (Å²) in [6.07, 6.45) is 0.608. The average molecular weight is 611 g/mol. The van der Waals surface area contributed by atoms with Gasteiger partial charge in [0.15, 0.2) is 23.0 Å². The van der Waals surface area contributed by atoms with Crippen LogP contribution in [0.3, 0.4) is 0 Å². The highest BCUT2D eigenvalue weighted by molar-refractivity contribution is 8.00. The summed E-state index contributed by atoms with van der Waals surface area (Å²) in [7, 11) is 3.59. The Balaban J connectivity index is 1.57. The monoisotopic (exact) mass is 610 g/mol. The molecule has 12 heteroatoms. The highest BCUT2D eigenvalue weighted by Crippen LogP contribution is 2.65. The van der Waals surface area contributed by atoms with E-state index in [0.717, 1.165) is 27.8 Å². The number of likely N-dealkylation sites (N-methyl/N-ethyl adjacent to an activating group) is 1. The fourth-order valence-corrected chi connectivity index (χ4v) is 9.57. The van der Waals surface area contributed by atoms with Crippen LogP contribution in [0.4, 0.5) is 0 Å². The van der Waals surface area contributed by atoms with Gasteiger partial charge in [-0.05, 0) is 45.4 Å². The van der Waals surface area contributed by atoms with E-state index in [1.54, 1.807) is 7.11 Å². The molecule has 2 fully saturated rings. The van der Waals surface area contributed by atoms with Crippen LogP contribution in [-0.4, -0.2) is 84.1 Å². The number of fused-ring (bicyclic) bond motifs is 6. The lowest BCUT2D eigenvalue weighted by molar-refractivity contribution is -0.158. The molecule has 1 N–H and O–H groups in total. The number of nitrogens with zero attached hydrogens (tertiary/aromatic N) is 2. The van der Waals surface area contributed by atoms with Crippen LogP contribution >= 0.6 is 11.8 Å². The first kappa shape index (κ1) is 28.3. The molecule has 2 aromatic carbocycles. The quantitative estimate of drug-likeness (QED) is 0.305. The van der Waals surface area contributed by atoms with Gasteiger partial charge in [-0.2, -0.15) is 0 Å². The van der Waals surface area contributed by atoms with Gasteiger partial charge in [-0.3, -0.25) is 19.4 Å². The summed E-state index contributed by atoms with van der Waals surface area (Å²) in [5.41, 5.74) is 4.22. The Hall–Kier alpha value is -3.48. The normalized spacial score (nSPS) is 30.6. The Morgan fingerprint density at radius 3 is 2.58 bits per heavy atom. The third-order valence-corrected chi connectivity index (χ3v) is 10.8. The second-order valence-electron chi connectivity index (χ2n) is 12.3. The largest absolute Gasteiger partial charge is 0.504 e. The first-order chi connectivity index (χ1) is 20.5. The topological polar surface area (TPSA) is 124 Å². The van der Waals surface area contributed by atoms with E-state index in [4.69, 9.17) is 23.7 Å². The predicted molar refractivity (Wildman–Crippen MR) is 155 cm³/mol. The molecule has 6 atom stereocenters. The number of ether oxygens (including phenoxy) is 5. The number of aromatic hydroxyl groups is 1. The highest BCUT2D eigenvalue weighted by atomic mass is 32.2. The third kappa shape index (κ3) is 3.92. The number of benzene rings is 2. The smallest absolute Gasteiger partial charge is 0.375 e. The minimum absolute atomic E-state index is 0.000610. The van der Waals surface area contributed by atoms with Gasteiger partial charge < -0.3 is 28.8 Å². The second kappa shape index (κ2) is 9.76. The lowest BCUT2D eigenvalue weighted by Crippen LogP contribution is -2.68. The number of rotatable bonds is 2. The number of aryl methyl sites for hydroxylation is 1. The van der Waals surface area contributed by atoms with E-state index in [2.05, 4.69) is 22.8 Å². The average Bonchev–Trinajstić information content (AvgIpc) is 3.36. The van der Waals surface area contributed by atoms with Gasteiger partial charge >= 0.3 is 11.9 Å². The number of esters is 2. The van der Waals surface area contributed by atoms with Crippen molar-refractivity contribution < 1.29 is 43.2 Å². The summed E-state index contributed by atoms with van der Waals surface area (Å²) >= 11 is 1.32. The standard InChI is InChI=1S/C31H34N2O9S/c1-13-7-16-8-31(4)11-32(5)22(19(16)24(36)25(13)38-6)23-29-21-20(17(33(23)31)9-39-30(37)18(35)10-43-29)28-27(40-12-41-28)14(2)26(21)42-15(3)34/h7,17,22-23,29,36H,8-12H2,1-6H3/t17-,22?,23+,29+,31?/m0/s1. The van der Waals surface area contributed by atoms with Crippen molar-refractivity contribution in [1.82, 2.24) is 9.80 Å². The zero-order chi connectivity index (χ0) is 30.5. The number of carbonyl (C=O) groups is 3. The van der Waals surface area contributed by atoms with Crippen molar-refractivity contribution in [3.8, 4) is 28.7 Å². The number of Topliss-reactive ketones (excluding diaryl/α,β-unsaturated/α-hetero) is 1. The first-order valence-corrected chi connectivity index (χ1v) is 15.4. The Morgan fingerprint density at radius 1 is 1.12 bits per heavy atom. The fraction of sp³-hybridized carbons (Fsp3) is 0.516. The fourth-order valence-electron chi connectivity index (χ4n) is 8.24. The maximum atomic E-state index is 12.9. The van der Waals surface area contributed by atoms with E-state index in [1.807, 2.05) is 20.9 Å². The van der Waals surface area contributed by atoms with Crippen molar-refractivity contribution in [1.29, 1.82) is 0 Å². The molecule has 4 bridgehead atoms. The molecule has 228 valence electrons. The van der Waals surface area contributed by atoms with Crippen LogP contribution in [0.2, 0.25) is 0 Å². The SMILES string of the molecule is COc1c(C)cc2c(c1O)C1[C@@H]3[C@@H]4SCC(=O)C(=O)OC[C@@H](c5c6c(c(C)c(OC(C)=O)c54)OCO6)N3C(C)(C2)CN1C. The second-order valence-corrected chi connectivity index (χ2v) is 13.4. The van der Waals surface area contributed by atoms with E-state index in [-0.39, 0.29) is 37.0 Å². The predicted octanol–water partition coefficient (Wildman–Crippen LogP) is 3.30. The molecule has 8 rings (SSSR count). The van der Waals surface area contributed by atoms with E-state index in [1.165, 1.54) is 18.7 Å². The number of phenolic OH excluding ortho intramolecular Hbond substituents is 1. The molecule has 43 heavy (non-hydrogen) atoms. The molecule has 0 aliphatic carbocycles. The van der Waals surface area contributed by atoms with Gasteiger partial charge in [0.2, 0.25) is 12.6 Å². The van der Waals surface area contributed by atoms with Crippen LogP contribution in [-0.2, 0) is 25.5 Å². The van der Waals surface area contributed by atoms with Crippen molar-refractivity contribution in [2.24, 2.45) is 0 Å². The summed E-state index contributed by atoms with van der Waals surface area (Å²) in [5, 5.41) is 11.3. The summed E-state index contributed by atoms with van der Waals surface area (Å²) < 4.78 is 29.3. The zero-order valence-corrected chi connectivity index (χ0v) is 25.8. The van der Waals surface area contributed by atoms with E-state index in [0.29, 0.717) is 41.5 Å². The molecular weight excluding hydrogens is 576 g/mol. The van der Waals surface area contributed by atoms with Crippen LogP contribution in [0.25, 0.3) is 0 Å². The van der Waals surface area contributed by atoms with Crippen molar-refractivity contribution in [2.45, 2.75) is 63.0 Å². The Kier molecular flexibility index (Phi) is 6.43.